The van der Waals surface area contributed by atoms with Gasteiger partial charge in [-0.2, -0.15) is 18.3 Å². The van der Waals surface area contributed by atoms with E-state index in [0.717, 1.165) is 6.20 Å². The number of amides is 2. The number of aromatic nitrogens is 5. The molecule has 0 bridgehead atoms. The molecule has 0 radical (unpaired) electrons. The highest BCUT2D eigenvalue weighted by Gasteiger charge is 2.36. The molecule has 0 aliphatic heterocycles. The van der Waals surface area contributed by atoms with Gasteiger partial charge < -0.3 is 26.8 Å². The maximum Gasteiger partial charge on any atom is 0.433 e. The van der Waals surface area contributed by atoms with Gasteiger partial charge in [0.1, 0.15) is 11.7 Å². The maximum atomic E-state index is 13.4. The standard InChI is InChI=1S/C24H23ClF3N9O2.CH2O2/c1-11(22(38)35-14-6-12(29)7-14)33-23(39)15-3-2-13(8-17(15)25)34-20-21-31-10-18(37(21)5-4-30-20)16-9-32-36-19(16)24(26,27)28;2-1-3/h2-5,8-12,14H,6-7,29H2,1H3,(H,30,34)(H,32,36)(H,33,39)(H,35,38);1H,(H,2,3). The summed E-state index contributed by atoms with van der Waals surface area (Å²) in [6.45, 7) is 1.32. The van der Waals surface area contributed by atoms with Crippen molar-refractivity contribution in [2.45, 2.75) is 44.1 Å². The molecule has 4 aromatic rings. The van der Waals surface area contributed by atoms with Crippen LogP contribution in [-0.4, -0.2) is 66.1 Å². The van der Waals surface area contributed by atoms with Crippen LogP contribution >= 0.6 is 11.6 Å². The van der Waals surface area contributed by atoms with E-state index >= 15 is 0 Å². The van der Waals surface area contributed by atoms with Crippen LogP contribution in [0.15, 0.2) is 43.0 Å². The number of benzene rings is 1. The van der Waals surface area contributed by atoms with E-state index < -0.39 is 23.8 Å². The van der Waals surface area contributed by atoms with Crippen molar-refractivity contribution >= 4 is 47.0 Å². The van der Waals surface area contributed by atoms with Crippen LogP contribution in [0.25, 0.3) is 16.9 Å². The van der Waals surface area contributed by atoms with Gasteiger partial charge in [0.2, 0.25) is 5.91 Å². The van der Waals surface area contributed by atoms with Gasteiger partial charge in [0.15, 0.2) is 11.5 Å². The molecular formula is C25H25ClF3N9O4. The van der Waals surface area contributed by atoms with Crippen molar-refractivity contribution in [3.63, 3.8) is 0 Å². The number of aromatic amines is 1. The van der Waals surface area contributed by atoms with Gasteiger partial charge >= 0.3 is 6.18 Å². The van der Waals surface area contributed by atoms with E-state index in [-0.39, 0.29) is 57.8 Å². The number of nitrogens with one attached hydrogen (secondary N) is 4. The zero-order chi connectivity index (χ0) is 30.6. The minimum absolute atomic E-state index is 0.0106. The Hall–Kier alpha value is -4.70. The number of hydrogen-bond donors (Lipinski definition) is 6. The van der Waals surface area contributed by atoms with E-state index in [9.17, 15) is 22.8 Å². The van der Waals surface area contributed by atoms with Gasteiger partial charge in [-0.05, 0) is 38.0 Å². The van der Waals surface area contributed by atoms with E-state index in [0.29, 0.717) is 18.5 Å². The number of hydrogen-bond acceptors (Lipinski definition) is 8. The molecule has 1 unspecified atom stereocenters. The maximum absolute atomic E-state index is 13.4. The molecule has 42 heavy (non-hydrogen) atoms. The van der Waals surface area contributed by atoms with Crippen LogP contribution in [0.5, 0.6) is 0 Å². The lowest BCUT2D eigenvalue weighted by atomic mass is 9.87. The number of H-pyrrole nitrogens is 1. The molecule has 1 aliphatic rings. The summed E-state index contributed by atoms with van der Waals surface area (Å²) in [5.41, 5.74) is 5.61. The number of anilines is 2. The summed E-state index contributed by atoms with van der Waals surface area (Å²) in [6, 6.07) is 3.86. The first-order valence-corrected chi connectivity index (χ1v) is 12.7. The number of carbonyl (C=O) groups excluding carboxylic acids is 2. The molecule has 0 saturated heterocycles. The second-order valence-electron chi connectivity index (χ2n) is 9.33. The first kappa shape index (κ1) is 30.3. The first-order chi connectivity index (χ1) is 19.9. The summed E-state index contributed by atoms with van der Waals surface area (Å²) in [7, 11) is 0. The van der Waals surface area contributed by atoms with E-state index in [1.165, 1.54) is 35.1 Å². The Kier molecular flexibility index (Phi) is 8.96. The van der Waals surface area contributed by atoms with E-state index in [1.54, 1.807) is 13.0 Å². The van der Waals surface area contributed by atoms with Gasteiger partial charge in [-0.15, -0.1) is 0 Å². The fourth-order valence-electron chi connectivity index (χ4n) is 4.26. The summed E-state index contributed by atoms with van der Waals surface area (Å²) >= 11 is 6.36. The van der Waals surface area contributed by atoms with Crippen LogP contribution in [0.3, 0.4) is 0 Å². The third-order valence-corrected chi connectivity index (χ3v) is 6.68. The van der Waals surface area contributed by atoms with Gasteiger partial charge in [0.25, 0.3) is 12.4 Å². The van der Waals surface area contributed by atoms with Crippen LogP contribution in [0.1, 0.15) is 35.8 Å². The quantitative estimate of drug-likeness (QED) is 0.171. The van der Waals surface area contributed by atoms with Crippen molar-refractivity contribution in [3.05, 3.63) is 59.3 Å². The summed E-state index contributed by atoms with van der Waals surface area (Å²) in [5, 5.41) is 21.0. The molecule has 1 aromatic carbocycles. The van der Waals surface area contributed by atoms with Crippen molar-refractivity contribution in [1.82, 2.24) is 35.2 Å². The number of carbonyl (C=O) groups is 3. The number of carboxylic acid groups (broad SMARTS) is 1. The summed E-state index contributed by atoms with van der Waals surface area (Å²) in [6.07, 6.45) is 2.03. The fourth-order valence-corrected chi connectivity index (χ4v) is 4.53. The molecule has 3 heterocycles. The third kappa shape index (κ3) is 6.60. The Bertz CT molecular complexity index is 1600. The van der Waals surface area contributed by atoms with Gasteiger partial charge in [-0.3, -0.25) is 23.9 Å². The molecule has 1 fully saturated rings. The highest BCUT2D eigenvalue weighted by Crippen LogP contribution is 2.36. The zero-order valence-corrected chi connectivity index (χ0v) is 22.6. The number of imidazole rings is 1. The summed E-state index contributed by atoms with van der Waals surface area (Å²) < 4.78 is 41.5. The molecule has 1 saturated carbocycles. The van der Waals surface area contributed by atoms with Crippen molar-refractivity contribution in [2.24, 2.45) is 5.73 Å². The number of fused-ring (bicyclic) bond motifs is 1. The van der Waals surface area contributed by atoms with Gasteiger partial charge in [0.05, 0.1) is 34.2 Å². The van der Waals surface area contributed by atoms with Crippen molar-refractivity contribution in [2.75, 3.05) is 5.32 Å². The highest BCUT2D eigenvalue weighted by molar-refractivity contribution is 6.34. The number of nitrogens with two attached hydrogens (primary N) is 1. The Morgan fingerprint density at radius 3 is 2.62 bits per heavy atom. The van der Waals surface area contributed by atoms with Crippen LogP contribution < -0.4 is 21.7 Å². The SMILES string of the molecule is CC(NC(=O)c1ccc(Nc2nccn3c(-c4cn[nH]c4C(F)(F)F)cnc23)cc1Cl)C(=O)NC1CC(N)C1.O=CO. The molecule has 13 nitrogen and oxygen atoms in total. The van der Waals surface area contributed by atoms with Crippen molar-refractivity contribution in [1.29, 1.82) is 0 Å². The van der Waals surface area contributed by atoms with Crippen LogP contribution in [0, 0.1) is 0 Å². The number of nitrogens with zero attached hydrogens (tertiary/aromatic N) is 4. The van der Waals surface area contributed by atoms with Gasteiger partial charge in [-0.25, -0.2) is 9.97 Å². The summed E-state index contributed by atoms with van der Waals surface area (Å²) in [5.74, 6) is -0.598. The Morgan fingerprint density at radius 2 is 1.98 bits per heavy atom. The van der Waals surface area contributed by atoms with Crippen molar-refractivity contribution in [3.8, 4) is 11.3 Å². The number of alkyl halides is 3. The monoisotopic (exact) mass is 607 g/mol. The minimum Gasteiger partial charge on any atom is -0.483 e. The topological polar surface area (TPSA) is 192 Å². The van der Waals surface area contributed by atoms with Gasteiger partial charge in [-0.1, -0.05) is 11.6 Å². The largest absolute Gasteiger partial charge is 0.483 e. The van der Waals surface area contributed by atoms with Crippen LogP contribution in [0.4, 0.5) is 24.7 Å². The van der Waals surface area contributed by atoms with E-state index in [4.69, 9.17) is 27.2 Å². The normalized spacial score (nSPS) is 16.9. The second kappa shape index (κ2) is 12.4. The molecule has 7 N–H and O–H groups in total. The van der Waals surface area contributed by atoms with Crippen LogP contribution in [-0.2, 0) is 15.8 Å². The molecular weight excluding hydrogens is 583 g/mol. The predicted octanol–water partition coefficient (Wildman–Crippen LogP) is 2.96. The van der Waals surface area contributed by atoms with E-state index in [2.05, 4.69) is 31.0 Å². The van der Waals surface area contributed by atoms with Crippen molar-refractivity contribution < 1.29 is 32.7 Å². The van der Waals surface area contributed by atoms with E-state index in [1.807, 2.05) is 5.10 Å². The molecule has 0 spiro atoms. The molecule has 3 aromatic heterocycles. The average Bonchev–Trinajstić information content (AvgIpc) is 3.56. The second-order valence-corrected chi connectivity index (χ2v) is 9.73. The molecule has 5 rings (SSSR count). The molecule has 1 atom stereocenters. The minimum atomic E-state index is -4.62. The molecule has 1 aliphatic carbocycles. The molecule has 2 amide bonds. The smallest absolute Gasteiger partial charge is 0.433 e. The Morgan fingerprint density at radius 1 is 1.26 bits per heavy atom. The number of rotatable bonds is 7. The lowest BCUT2D eigenvalue weighted by molar-refractivity contribution is -0.140. The molecule has 222 valence electrons. The summed E-state index contributed by atoms with van der Waals surface area (Å²) in [4.78, 5) is 41.9. The zero-order valence-electron chi connectivity index (χ0n) is 21.8. The van der Waals surface area contributed by atoms with Gasteiger partial charge in [0, 0.05) is 30.2 Å². The highest BCUT2D eigenvalue weighted by atomic mass is 35.5. The predicted molar refractivity (Wildman–Crippen MR) is 145 cm³/mol. The van der Waals surface area contributed by atoms with Crippen LogP contribution in [0.2, 0.25) is 5.02 Å². The lowest BCUT2D eigenvalue weighted by Gasteiger charge is -2.33. The third-order valence-electron chi connectivity index (χ3n) is 6.37. The molecule has 17 heteroatoms. The average molecular weight is 608 g/mol. The fraction of sp³-hybridized carbons (Fsp3) is 0.280. The number of halogens is 4. The Labute approximate surface area is 240 Å². The lowest BCUT2D eigenvalue weighted by Crippen LogP contribution is -2.54. The first-order valence-electron chi connectivity index (χ1n) is 12.4. The Balaban J connectivity index is 0.00000129.